The van der Waals surface area contributed by atoms with E-state index in [0.29, 0.717) is 10.7 Å². The number of aliphatic hydroxyl groups excluding tert-OH is 1. The molecule has 0 unspecified atom stereocenters. The van der Waals surface area contributed by atoms with Crippen molar-refractivity contribution >= 4 is 22.7 Å². The van der Waals surface area contributed by atoms with Crippen molar-refractivity contribution in [1.29, 1.82) is 0 Å². The highest BCUT2D eigenvalue weighted by Gasteiger charge is 2.00. The number of aryl methyl sites for hydroxylation is 1. The molecule has 0 fully saturated rings. The summed E-state index contributed by atoms with van der Waals surface area (Å²) in [6.07, 6.45) is 1.49. The van der Waals surface area contributed by atoms with Crippen LogP contribution < -0.4 is 5.43 Å². The van der Waals surface area contributed by atoms with Crippen LogP contribution in [0.1, 0.15) is 16.8 Å². The van der Waals surface area contributed by atoms with E-state index in [2.05, 4.69) is 15.5 Å². The molecule has 6 heteroatoms. The zero-order valence-electron chi connectivity index (χ0n) is 9.79. The molecule has 0 saturated heterocycles. The molecule has 0 saturated carbocycles. The molecule has 2 aromatic rings. The van der Waals surface area contributed by atoms with Crippen molar-refractivity contribution in [3.63, 3.8) is 0 Å². The molecule has 0 aliphatic heterocycles. The predicted octanol–water partition coefficient (Wildman–Crippen LogP) is 2.10. The molecule has 5 nitrogen and oxygen atoms in total. The Labute approximate surface area is 108 Å². The van der Waals surface area contributed by atoms with Crippen LogP contribution in [0, 0.1) is 6.92 Å². The second-order valence-electron chi connectivity index (χ2n) is 3.72. The number of hydrazone groups is 1. The van der Waals surface area contributed by atoms with Crippen LogP contribution in [0.25, 0.3) is 0 Å². The van der Waals surface area contributed by atoms with Gasteiger partial charge in [-0.1, -0.05) is 6.07 Å². The standard InChI is InChI=1S/C12H13N3O2S/c1-8-7-18-12(14-8)15-13-5-10-4-9(6-16)2-3-11(10)17/h2-5,7,16-17H,6H2,1H3,(H,14,15). The highest BCUT2D eigenvalue weighted by molar-refractivity contribution is 7.13. The van der Waals surface area contributed by atoms with Crippen LogP contribution in [0.3, 0.4) is 0 Å². The average molecular weight is 263 g/mol. The van der Waals surface area contributed by atoms with Gasteiger partial charge in [0, 0.05) is 10.9 Å². The van der Waals surface area contributed by atoms with Crippen LogP contribution in [-0.4, -0.2) is 21.4 Å². The summed E-state index contributed by atoms with van der Waals surface area (Å²) in [5, 5.41) is 25.2. The van der Waals surface area contributed by atoms with Crippen molar-refractivity contribution in [1.82, 2.24) is 4.98 Å². The molecule has 0 amide bonds. The summed E-state index contributed by atoms with van der Waals surface area (Å²) in [4.78, 5) is 4.19. The van der Waals surface area contributed by atoms with Gasteiger partial charge in [0.15, 0.2) is 0 Å². The quantitative estimate of drug-likeness (QED) is 0.583. The molecular formula is C12H13N3O2S. The Hall–Kier alpha value is -1.92. The Kier molecular flexibility index (Phi) is 3.91. The highest BCUT2D eigenvalue weighted by Crippen LogP contribution is 2.17. The summed E-state index contributed by atoms with van der Waals surface area (Å²) >= 11 is 1.46. The lowest BCUT2D eigenvalue weighted by Gasteiger charge is -2.01. The molecular weight excluding hydrogens is 250 g/mol. The molecule has 3 N–H and O–H groups in total. The minimum atomic E-state index is -0.0692. The predicted molar refractivity (Wildman–Crippen MR) is 72.1 cm³/mol. The molecule has 0 radical (unpaired) electrons. The van der Waals surface area contributed by atoms with Crippen molar-refractivity contribution < 1.29 is 10.2 Å². The lowest BCUT2D eigenvalue weighted by Crippen LogP contribution is -1.92. The van der Waals surface area contributed by atoms with Gasteiger partial charge in [0.2, 0.25) is 5.13 Å². The Bertz CT molecular complexity index is 566. The first kappa shape index (κ1) is 12.5. The molecule has 0 aliphatic rings. The number of benzene rings is 1. The summed E-state index contributed by atoms with van der Waals surface area (Å²) < 4.78 is 0. The number of phenolic OH excluding ortho intramolecular Hbond substituents is 1. The molecule has 0 atom stereocenters. The molecule has 1 heterocycles. The number of rotatable bonds is 4. The van der Waals surface area contributed by atoms with Gasteiger partial charge in [-0.2, -0.15) is 5.10 Å². The van der Waals surface area contributed by atoms with Gasteiger partial charge in [0.25, 0.3) is 0 Å². The van der Waals surface area contributed by atoms with Gasteiger partial charge in [-0.15, -0.1) is 11.3 Å². The minimum Gasteiger partial charge on any atom is -0.507 e. The summed E-state index contributed by atoms with van der Waals surface area (Å²) in [6, 6.07) is 4.86. The largest absolute Gasteiger partial charge is 0.507 e. The van der Waals surface area contributed by atoms with E-state index in [1.165, 1.54) is 23.6 Å². The van der Waals surface area contributed by atoms with Gasteiger partial charge in [-0.05, 0) is 24.6 Å². The fraction of sp³-hybridized carbons (Fsp3) is 0.167. The smallest absolute Gasteiger partial charge is 0.203 e. The van der Waals surface area contributed by atoms with Gasteiger partial charge >= 0.3 is 0 Å². The van der Waals surface area contributed by atoms with Crippen molar-refractivity contribution in [2.45, 2.75) is 13.5 Å². The lowest BCUT2D eigenvalue weighted by atomic mass is 10.1. The van der Waals surface area contributed by atoms with Gasteiger partial charge < -0.3 is 10.2 Å². The number of phenols is 1. The molecule has 2 rings (SSSR count). The van der Waals surface area contributed by atoms with E-state index in [1.54, 1.807) is 12.1 Å². The second kappa shape index (κ2) is 5.61. The third-order valence-electron chi connectivity index (χ3n) is 2.26. The van der Waals surface area contributed by atoms with E-state index < -0.39 is 0 Å². The number of anilines is 1. The fourth-order valence-electron chi connectivity index (χ4n) is 1.37. The van der Waals surface area contributed by atoms with Crippen molar-refractivity contribution in [3.8, 4) is 5.75 Å². The van der Waals surface area contributed by atoms with Crippen LogP contribution in [0.5, 0.6) is 5.75 Å². The molecule has 18 heavy (non-hydrogen) atoms. The first-order chi connectivity index (χ1) is 8.69. The van der Waals surface area contributed by atoms with Gasteiger partial charge in [0.05, 0.1) is 18.5 Å². The van der Waals surface area contributed by atoms with Crippen LogP contribution in [0.4, 0.5) is 5.13 Å². The molecule has 0 spiro atoms. The highest BCUT2D eigenvalue weighted by atomic mass is 32.1. The van der Waals surface area contributed by atoms with Crippen LogP contribution >= 0.6 is 11.3 Å². The minimum absolute atomic E-state index is 0.0692. The average Bonchev–Trinajstić information content (AvgIpc) is 2.77. The second-order valence-corrected chi connectivity index (χ2v) is 4.57. The fourth-order valence-corrected chi connectivity index (χ4v) is 2.01. The zero-order valence-corrected chi connectivity index (χ0v) is 10.6. The van der Waals surface area contributed by atoms with E-state index in [9.17, 15) is 5.11 Å². The third kappa shape index (κ3) is 3.06. The summed E-state index contributed by atoms with van der Waals surface area (Å²) in [6.45, 7) is 1.84. The van der Waals surface area contributed by atoms with Gasteiger partial charge in [-0.25, -0.2) is 4.98 Å². The van der Waals surface area contributed by atoms with Crippen LogP contribution in [0.15, 0.2) is 28.7 Å². The Balaban J connectivity index is 2.08. The Morgan fingerprint density at radius 1 is 1.50 bits per heavy atom. The number of aromatic hydroxyl groups is 1. The van der Waals surface area contributed by atoms with Crippen molar-refractivity contribution in [2.24, 2.45) is 5.10 Å². The van der Waals surface area contributed by atoms with E-state index in [-0.39, 0.29) is 12.4 Å². The van der Waals surface area contributed by atoms with E-state index in [4.69, 9.17) is 5.11 Å². The normalized spacial score (nSPS) is 11.0. The first-order valence-electron chi connectivity index (χ1n) is 5.33. The number of nitrogens with one attached hydrogen (secondary N) is 1. The van der Waals surface area contributed by atoms with Gasteiger partial charge in [0.1, 0.15) is 5.75 Å². The monoisotopic (exact) mass is 263 g/mol. The lowest BCUT2D eigenvalue weighted by molar-refractivity contribution is 0.281. The molecule has 1 aromatic heterocycles. The topological polar surface area (TPSA) is 77.7 Å². The zero-order chi connectivity index (χ0) is 13.0. The van der Waals surface area contributed by atoms with Crippen molar-refractivity contribution in [2.75, 3.05) is 5.43 Å². The number of hydrogen-bond donors (Lipinski definition) is 3. The maximum Gasteiger partial charge on any atom is 0.203 e. The summed E-state index contributed by atoms with van der Waals surface area (Å²) in [7, 11) is 0. The molecule has 0 aliphatic carbocycles. The number of aliphatic hydroxyl groups is 1. The maximum atomic E-state index is 9.62. The van der Waals surface area contributed by atoms with Crippen LogP contribution in [-0.2, 0) is 6.61 Å². The molecule has 94 valence electrons. The maximum absolute atomic E-state index is 9.62. The van der Waals surface area contributed by atoms with Crippen molar-refractivity contribution in [3.05, 3.63) is 40.4 Å². The van der Waals surface area contributed by atoms with Crippen LogP contribution in [0.2, 0.25) is 0 Å². The van der Waals surface area contributed by atoms with E-state index >= 15 is 0 Å². The van der Waals surface area contributed by atoms with E-state index in [0.717, 1.165) is 11.3 Å². The van der Waals surface area contributed by atoms with E-state index in [1.807, 2.05) is 12.3 Å². The van der Waals surface area contributed by atoms with Gasteiger partial charge in [-0.3, -0.25) is 5.43 Å². The third-order valence-corrected chi connectivity index (χ3v) is 3.12. The Morgan fingerprint density at radius 2 is 2.33 bits per heavy atom. The Morgan fingerprint density at radius 3 is 3.00 bits per heavy atom. The number of thiazole rings is 1. The number of aromatic nitrogens is 1. The first-order valence-corrected chi connectivity index (χ1v) is 6.21. The summed E-state index contributed by atoms with van der Waals surface area (Å²) in [5.41, 5.74) is 4.98. The number of nitrogens with zero attached hydrogens (tertiary/aromatic N) is 2. The summed E-state index contributed by atoms with van der Waals surface area (Å²) in [5.74, 6) is 0.119. The molecule has 0 bridgehead atoms. The number of hydrogen-bond acceptors (Lipinski definition) is 6. The SMILES string of the molecule is Cc1csc(NN=Cc2cc(CO)ccc2O)n1. The molecule has 1 aromatic carbocycles.